The van der Waals surface area contributed by atoms with Crippen LogP contribution < -0.4 is 5.32 Å². The van der Waals surface area contributed by atoms with Crippen molar-refractivity contribution in [3.63, 3.8) is 0 Å². The number of benzene rings is 1. The van der Waals surface area contributed by atoms with Gasteiger partial charge in [-0.15, -0.1) is 0 Å². The topological polar surface area (TPSA) is 54.2 Å². The van der Waals surface area contributed by atoms with Crippen LogP contribution in [0, 0.1) is 6.92 Å². The number of pyridine rings is 2. The van der Waals surface area contributed by atoms with Crippen molar-refractivity contribution in [3.8, 4) is 11.3 Å². The number of hydrogen-bond donors (Lipinski definition) is 1. The Hall–Kier alpha value is -3.03. The van der Waals surface area contributed by atoms with Gasteiger partial charge >= 0.3 is 0 Å². The molecule has 0 saturated carbocycles. The van der Waals surface area contributed by atoms with Crippen molar-refractivity contribution in [1.82, 2.24) is 20.2 Å². The van der Waals surface area contributed by atoms with E-state index in [1.54, 1.807) is 18.6 Å². The highest BCUT2D eigenvalue weighted by molar-refractivity contribution is 9.10. The lowest BCUT2D eigenvalue weighted by Crippen LogP contribution is -2.29. The van der Waals surface area contributed by atoms with Crippen molar-refractivity contribution >= 4 is 33.3 Å². The van der Waals surface area contributed by atoms with Crippen LogP contribution in [0.2, 0.25) is 0 Å². The SMILES string of the molecule is Cc1ccc(-c2ccc([C@H]3[C@H](c4ccccn4)NC(=S)N3Cc3ccncc3)o2)c(Br)c1. The zero-order valence-corrected chi connectivity index (χ0v) is 19.8. The van der Waals surface area contributed by atoms with Crippen LogP contribution in [0.1, 0.15) is 34.7 Å². The maximum Gasteiger partial charge on any atom is 0.170 e. The first-order valence-corrected chi connectivity index (χ1v) is 11.5. The fraction of sp³-hybridized carbons (Fsp3) is 0.160. The monoisotopic (exact) mass is 504 g/mol. The van der Waals surface area contributed by atoms with Crippen LogP contribution in [0.15, 0.2) is 88.1 Å². The van der Waals surface area contributed by atoms with Crippen LogP contribution in [0.25, 0.3) is 11.3 Å². The van der Waals surface area contributed by atoms with Crippen LogP contribution in [0.5, 0.6) is 0 Å². The fourth-order valence-electron chi connectivity index (χ4n) is 4.05. The summed E-state index contributed by atoms with van der Waals surface area (Å²) in [5.41, 5.74) is 4.26. The quantitative estimate of drug-likeness (QED) is 0.337. The van der Waals surface area contributed by atoms with Gasteiger partial charge in [0.1, 0.15) is 17.6 Å². The second-order valence-electron chi connectivity index (χ2n) is 7.80. The van der Waals surface area contributed by atoms with Gasteiger partial charge in [0.25, 0.3) is 0 Å². The zero-order valence-electron chi connectivity index (χ0n) is 17.4. The number of aromatic nitrogens is 2. The van der Waals surface area contributed by atoms with Gasteiger partial charge in [-0.3, -0.25) is 9.97 Å². The normalized spacial score (nSPS) is 18.1. The van der Waals surface area contributed by atoms with Gasteiger partial charge in [-0.1, -0.05) is 28.1 Å². The minimum Gasteiger partial charge on any atom is -0.459 e. The largest absolute Gasteiger partial charge is 0.459 e. The molecular formula is C25H21BrN4OS. The van der Waals surface area contributed by atoms with Crippen LogP contribution in [0.3, 0.4) is 0 Å². The maximum absolute atomic E-state index is 6.43. The highest BCUT2D eigenvalue weighted by Crippen LogP contribution is 2.42. The van der Waals surface area contributed by atoms with E-state index in [1.165, 1.54) is 5.56 Å². The number of aryl methyl sites for hydroxylation is 1. The molecule has 5 nitrogen and oxygen atoms in total. The molecule has 2 atom stereocenters. The van der Waals surface area contributed by atoms with Crippen molar-refractivity contribution < 1.29 is 4.42 Å². The van der Waals surface area contributed by atoms with Gasteiger partial charge in [0.15, 0.2) is 5.11 Å². The van der Waals surface area contributed by atoms with Gasteiger partial charge < -0.3 is 14.6 Å². The Balaban J connectivity index is 1.55. The average Bonchev–Trinajstić information content (AvgIpc) is 3.40. The van der Waals surface area contributed by atoms with Gasteiger partial charge in [0, 0.05) is 35.2 Å². The van der Waals surface area contributed by atoms with Crippen molar-refractivity contribution in [3.05, 3.63) is 106 Å². The van der Waals surface area contributed by atoms with E-state index in [0.29, 0.717) is 11.7 Å². The van der Waals surface area contributed by atoms with Gasteiger partial charge in [-0.05, 0) is 78.8 Å². The van der Waals surface area contributed by atoms with Crippen molar-refractivity contribution in [1.29, 1.82) is 0 Å². The third-order valence-corrected chi connectivity index (χ3v) is 6.62. The van der Waals surface area contributed by atoms with Crippen molar-refractivity contribution in [2.75, 3.05) is 0 Å². The summed E-state index contributed by atoms with van der Waals surface area (Å²) in [6, 6.07) is 20.0. The van der Waals surface area contributed by atoms with E-state index in [-0.39, 0.29) is 12.1 Å². The van der Waals surface area contributed by atoms with E-state index in [2.05, 4.69) is 61.2 Å². The van der Waals surface area contributed by atoms with Crippen LogP contribution in [-0.2, 0) is 6.54 Å². The second kappa shape index (κ2) is 8.84. The molecule has 1 fully saturated rings. The Bertz CT molecular complexity index is 1250. The first-order valence-electron chi connectivity index (χ1n) is 10.3. The van der Waals surface area contributed by atoms with Crippen LogP contribution >= 0.6 is 28.1 Å². The number of halogens is 1. The van der Waals surface area contributed by atoms with E-state index in [0.717, 1.165) is 32.8 Å². The van der Waals surface area contributed by atoms with Gasteiger partial charge in [-0.2, -0.15) is 0 Å². The molecule has 3 aromatic heterocycles. The smallest absolute Gasteiger partial charge is 0.170 e. The Labute approximate surface area is 200 Å². The first kappa shape index (κ1) is 20.8. The Kier molecular flexibility index (Phi) is 5.76. The highest BCUT2D eigenvalue weighted by Gasteiger charge is 2.41. The van der Waals surface area contributed by atoms with E-state index >= 15 is 0 Å². The molecule has 1 aliphatic rings. The van der Waals surface area contributed by atoms with E-state index in [9.17, 15) is 0 Å². The molecule has 0 spiro atoms. The molecule has 0 radical (unpaired) electrons. The first-order chi connectivity index (χ1) is 15.6. The lowest BCUT2D eigenvalue weighted by atomic mass is 10.0. The molecule has 1 aromatic carbocycles. The van der Waals surface area contributed by atoms with E-state index in [1.807, 2.05) is 42.5 Å². The van der Waals surface area contributed by atoms with Gasteiger partial charge in [0.05, 0.1) is 11.7 Å². The number of nitrogens with one attached hydrogen (secondary N) is 1. The fourth-order valence-corrected chi connectivity index (χ4v) is 5.04. The standard InChI is InChI=1S/C25H21BrN4OS/c1-16-5-6-18(19(26)14-16)21-7-8-22(31-21)24-23(20-4-2-3-11-28-20)29-25(32)30(24)15-17-9-12-27-13-10-17/h2-14,23-24H,15H2,1H3,(H,29,32)/t23-,24-/m0/s1. The molecule has 7 heteroatoms. The summed E-state index contributed by atoms with van der Waals surface area (Å²) < 4.78 is 7.44. The summed E-state index contributed by atoms with van der Waals surface area (Å²) in [6.45, 7) is 2.72. The van der Waals surface area contributed by atoms with Crippen molar-refractivity contribution in [2.24, 2.45) is 0 Å². The Morgan fingerprint density at radius 1 is 1.06 bits per heavy atom. The molecular weight excluding hydrogens is 484 g/mol. The lowest BCUT2D eigenvalue weighted by Gasteiger charge is -2.26. The predicted molar refractivity (Wildman–Crippen MR) is 132 cm³/mol. The van der Waals surface area contributed by atoms with Crippen LogP contribution in [-0.4, -0.2) is 20.0 Å². The van der Waals surface area contributed by atoms with E-state index in [4.69, 9.17) is 16.6 Å². The lowest BCUT2D eigenvalue weighted by molar-refractivity contribution is 0.269. The molecule has 0 unspecified atom stereocenters. The number of nitrogens with zero attached hydrogens (tertiary/aromatic N) is 3. The minimum atomic E-state index is -0.136. The predicted octanol–water partition coefficient (Wildman–Crippen LogP) is 5.98. The van der Waals surface area contributed by atoms with Crippen molar-refractivity contribution in [2.45, 2.75) is 25.6 Å². The molecule has 0 amide bonds. The summed E-state index contributed by atoms with van der Waals surface area (Å²) >= 11 is 9.42. The molecule has 4 heterocycles. The molecule has 32 heavy (non-hydrogen) atoms. The highest BCUT2D eigenvalue weighted by atomic mass is 79.9. The molecule has 4 aromatic rings. The summed E-state index contributed by atoms with van der Waals surface area (Å²) in [5, 5.41) is 4.14. The molecule has 1 N–H and O–H groups in total. The van der Waals surface area contributed by atoms with Gasteiger partial charge in [0.2, 0.25) is 0 Å². The second-order valence-corrected chi connectivity index (χ2v) is 9.04. The zero-order chi connectivity index (χ0) is 22.1. The molecule has 1 aliphatic heterocycles. The van der Waals surface area contributed by atoms with Crippen LogP contribution in [0.4, 0.5) is 0 Å². The summed E-state index contributed by atoms with van der Waals surface area (Å²) in [7, 11) is 0. The summed E-state index contributed by atoms with van der Waals surface area (Å²) in [4.78, 5) is 10.9. The molecule has 5 rings (SSSR count). The van der Waals surface area contributed by atoms with E-state index < -0.39 is 0 Å². The molecule has 160 valence electrons. The number of furan rings is 1. The maximum atomic E-state index is 6.43. The average molecular weight is 505 g/mol. The Morgan fingerprint density at radius 3 is 2.66 bits per heavy atom. The minimum absolute atomic E-state index is 0.119. The molecule has 0 bridgehead atoms. The molecule has 1 saturated heterocycles. The summed E-state index contributed by atoms with van der Waals surface area (Å²) in [6.07, 6.45) is 5.40. The number of hydrogen-bond acceptors (Lipinski definition) is 4. The molecule has 0 aliphatic carbocycles. The Morgan fingerprint density at radius 2 is 1.91 bits per heavy atom. The third kappa shape index (κ3) is 4.06. The summed E-state index contributed by atoms with van der Waals surface area (Å²) in [5.74, 6) is 1.65. The van der Waals surface area contributed by atoms with Gasteiger partial charge in [-0.25, -0.2) is 0 Å². The number of rotatable bonds is 5. The third-order valence-electron chi connectivity index (χ3n) is 5.61. The number of thiocarbonyl (C=S) groups is 1.